The monoisotopic (exact) mass is 549 g/mol. The van der Waals surface area contributed by atoms with Crippen LogP contribution in [0.5, 0.6) is 0 Å². The van der Waals surface area contributed by atoms with Gasteiger partial charge in [0.1, 0.15) is 5.82 Å². The van der Waals surface area contributed by atoms with Gasteiger partial charge in [-0.25, -0.2) is 12.8 Å². The first-order chi connectivity index (χ1) is 17.1. The third kappa shape index (κ3) is 6.18. The number of piperazine rings is 1. The summed E-state index contributed by atoms with van der Waals surface area (Å²) in [5, 5.41) is 0.763. The molecule has 0 aromatic heterocycles. The maximum atomic E-state index is 13.6. The summed E-state index contributed by atoms with van der Waals surface area (Å²) in [5.41, 5.74) is 2.35. The third-order valence-corrected chi connectivity index (χ3v) is 8.55. The zero-order valence-corrected chi connectivity index (χ0v) is 22.0. The van der Waals surface area contributed by atoms with Gasteiger partial charge >= 0.3 is 0 Å². The number of hydrogen-bond acceptors (Lipinski definition) is 4. The molecule has 0 spiro atoms. The lowest BCUT2D eigenvalue weighted by atomic mass is 10.2. The Bertz CT molecular complexity index is 1330. The molecule has 1 fully saturated rings. The van der Waals surface area contributed by atoms with Crippen molar-refractivity contribution >= 4 is 44.8 Å². The van der Waals surface area contributed by atoms with Gasteiger partial charge in [0.05, 0.1) is 11.4 Å². The summed E-state index contributed by atoms with van der Waals surface area (Å²) >= 11 is 12.3. The molecule has 190 valence electrons. The van der Waals surface area contributed by atoms with Crippen LogP contribution in [0.1, 0.15) is 11.1 Å². The van der Waals surface area contributed by atoms with Crippen LogP contribution in [0, 0.1) is 12.7 Å². The van der Waals surface area contributed by atoms with E-state index in [-0.39, 0.29) is 29.7 Å². The van der Waals surface area contributed by atoms with Crippen molar-refractivity contribution in [2.24, 2.45) is 0 Å². The average Bonchev–Trinajstić information content (AvgIpc) is 2.86. The van der Waals surface area contributed by atoms with Gasteiger partial charge in [-0.05, 0) is 61.0 Å². The molecule has 0 radical (unpaired) electrons. The van der Waals surface area contributed by atoms with Gasteiger partial charge in [0.15, 0.2) is 0 Å². The van der Waals surface area contributed by atoms with Gasteiger partial charge in [-0.15, -0.1) is 0 Å². The number of halogens is 3. The molecule has 0 bridgehead atoms. The van der Waals surface area contributed by atoms with Crippen molar-refractivity contribution in [2.45, 2.75) is 18.4 Å². The Morgan fingerprint density at radius 1 is 0.944 bits per heavy atom. The number of anilines is 1. The van der Waals surface area contributed by atoms with Crippen molar-refractivity contribution in [1.82, 2.24) is 9.21 Å². The van der Waals surface area contributed by atoms with Gasteiger partial charge in [-0.3, -0.25) is 4.79 Å². The van der Waals surface area contributed by atoms with Crippen LogP contribution >= 0.6 is 23.2 Å². The van der Waals surface area contributed by atoms with Crippen LogP contribution in [0.2, 0.25) is 10.0 Å². The van der Waals surface area contributed by atoms with E-state index in [9.17, 15) is 17.6 Å². The molecule has 1 amide bonds. The van der Waals surface area contributed by atoms with Gasteiger partial charge in [0.25, 0.3) is 0 Å². The van der Waals surface area contributed by atoms with E-state index < -0.39 is 10.0 Å². The van der Waals surface area contributed by atoms with Crippen molar-refractivity contribution in [3.8, 4) is 0 Å². The Hall–Kier alpha value is -2.65. The molecule has 0 unspecified atom stereocenters. The number of benzene rings is 3. The number of hydrogen-bond donors (Lipinski definition) is 0. The van der Waals surface area contributed by atoms with Gasteiger partial charge in [0.2, 0.25) is 15.9 Å². The second-order valence-electron chi connectivity index (χ2n) is 8.67. The predicted molar refractivity (Wildman–Crippen MR) is 140 cm³/mol. The Morgan fingerprint density at radius 2 is 1.58 bits per heavy atom. The molecule has 0 N–H and O–H groups in total. The van der Waals surface area contributed by atoms with Crippen molar-refractivity contribution in [3.05, 3.63) is 93.7 Å². The molecule has 10 heteroatoms. The number of nitrogens with zero attached hydrogens (tertiary/aromatic N) is 3. The number of aryl methyl sites for hydroxylation is 1. The van der Waals surface area contributed by atoms with Crippen molar-refractivity contribution in [1.29, 1.82) is 0 Å². The molecular formula is C26H26Cl2FN3O3S. The summed E-state index contributed by atoms with van der Waals surface area (Å²) in [6.07, 6.45) is 0. The topological polar surface area (TPSA) is 60.9 Å². The standard InChI is InChI=1S/C26H26Cl2FN3O3S/c1-19-2-10-24(11-3-19)36(34,35)32(17-20-4-5-21(27)16-25(20)28)18-26(33)31-14-12-30(13-15-31)23-8-6-22(29)7-9-23/h2-11,16H,12-15,17-18H2,1H3. The largest absolute Gasteiger partial charge is 0.368 e. The first-order valence-corrected chi connectivity index (χ1v) is 13.6. The van der Waals surface area contributed by atoms with Crippen molar-refractivity contribution in [2.75, 3.05) is 37.6 Å². The van der Waals surface area contributed by atoms with Gasteiger partial charge < -0.3 is 9.80 Å². The number of carbonyl (C=O) groups is 1. The molecular weight excluding hydrogens is 524 g/mol. The molecule has 4 rings (SSSR count). The second-order valence-corrected chi connectivity index (χ2v) is 11.4. The number of carbonyl (C=O) groups excluding carboxylic acids is 1. The molecule has 3 aromatic rings. The lowest BCUT2D eigenvalue weighted by molar-refractivity contribution is -0.131. The molecule has 0 atom stereocenters. The van der Waals surface area contributed by atoms with Gasteiger partial charge in [-0.2, -0.15) is 4.31 Å². The highest BCUT2D eigenvalue weighted by Gasteiger charge is 2.30. The predicted octanol–water partition coefficient (Wildman–Crippen LogP) is 4.98. The van der Waals surface area contributed by atoms with Crippen molar-refractivity contribution < 1.29 is 17.6 Å². The van der Waals surface area contributed by atoms with Gasteiger partial charge in [-0.1, -0.05) is 47.0 Å². The summed E-state index contributed by atoms with van der Waals surface area (Å²) < 4.78 is 41.5. The zero-order valence-electron chi connectivity index (χ0n) is 19.7. The molecule has 1 aliphatic rings. The fourth-order valence-electron chi connectivity index (χ4n) is 4.04. The molecule has 0 aliphatic carbocycles. The lowest BCUT2D eigenvalue weighted by Gasteiger charge is -2.37. The summed E-state index contributed by atoms with van der Waals surface area (Å²) in [6, 6.07) is 17.6. The number of rotatable bonds is 7. The molecule has 1 heterocycles. The van der Waals surface area contributed by atoms with Crippen LogP contribution in [-0.4, -0.2) is 56.3 Å². The Labute approximate surface area is 220 Å². The van der Waals surface area contributed by atoms with Crippen LogP contribution in [0.25, 0.3) is 0 Å². The highest BCUT2D eigenvalue weighted by atomic mass is 35.5. The maximum absolute atomic E-state index is 13.6. The average molecular weight is 550 g/mol. The van der Waals surface area contributed by atoms with E-state index in [4.69, 9.17) is 23.2 Å². The van der Waals surface area contributed by atoms with Crippen LogP contribution < -0.4 is 4.90 Å². The Kier molecular flexibility index (Phi) is 8.20. The molecule has 36 heavy (non-hydrogen) atoms. The number of sulfonamides is 1. The van der Waals surface area contributed by atoms with E-state index in [0.29, 0.717) is 41.8 Å². The minimum atomic E-state index is -3.99. The highest BCUT2D eigenvalue weighted by Crippen LogP contribution is 2.26. The molecule has 6 nitrogen and oxygen atoms in total. The fourth-order valence-corrected chi connectivity index (χ4v) is 5.88. The zero-order chi connectivity index (χ0) is 25.9. The highest BCUT2D eigenvalue weighted by molar-refractivity contribution is 7.89. The fraction of sp³-hybridized carbons (Fsp3) is 0.269. The molecule has 1 aliphatic heterocycles. The quantitative estimate of drug-likeness (QED) is 0.417. The van der Waals surface area contributed by atoms with E-state index in [2.05, 4.69) is 4.90 Å². The van der Waals surface area contributed by atoms with Crippen LogP contribution in [-0.2, 0) is 21.4 Å². The smallest absolute Gasteiger partial charge is 0.243 e. The number of amides is 1. The summed E-state index contributed by atoms with van der Waals surface area (Å²) in [7, 11) is -3.99. The third-order valence-electron chi connectivity index (χ3n) is 6.16. The Morgan fingerprint density at radius 3 is 2.19 bits per heavy atom. The van der Waals surface area contributed by atoms with E-state index in [1.54, 1.807) is 47.4 Å². The minimum absolute atomic E-state index is 0.0759. The second kappa shape index (κ2) is 11.2. The van der Waals surface area contributed by atoms with Crippen molar-refractivity contribution in [3.63, 3.8) is 0 Å². The van der Waals surface area contributed by atoms with E-state index in [1.807, 2.05) is 6.92 Å². The first kappa shape index (κ1) is 26.4. The first-order valence-electron chi connectivity index (χ1n) is 11.4. The van der Waals surface area contributed by atoms with Crippen LogP contribution in [0.4, 0.5) is 10.1 Å². The van der Waals surface area contributed by atoms with E-state index >= 15 is 0 Å². The minimum Gasteiger partial charge on any atom is -0.368 e. The van der Waals surface area contributed by atoms with E-state index in [1.165, 1.54) is 24.3 Å². The maximum Gasteiger partial charge on any atom is 0.243 e. The summed E-state index contributed by atoms with van der Waals surface area (Å²) in [6.45, 7) is 3.44. The lowest BCUT2D eigenvalue weighted by Crippen LogP contribution is -2.51. The molecule has 1 saturated heterocycles. The SMILES string of the molecule is Cc1ccc(S(=O)(=O)N(CC(=O)N2CCN(c3ccc(F)cc3)CC2)Cc2ccc(Cl)cc2Cl)cc1. The normalized spacial score (nSPS) is 14.4. The Balaban J connectivity index is 1.52. The van der Waals surface area contributed by atoms with Crippen LogP contribution in [0.3, 0.4) is 0 Å². The van der Waals surface area contributed by atoms with E-state index in [0.717, 1.165) is 15.6 Å². The van der Waals surface area contributed by atoms with Gasteiger partial charge in [0, 0.05) is 48.5 Å². The van der Waals surface area contributed by atoms with Crippen LogP contribution in [0.15, 0.2) is 71.6 Å². The summed E-state index contributed by atoms with van der Waals surface area (Å²) in [4.78, 5) is 17.1. The molecule has 3 aromatic carbocycles. The summed E-state index contributed by atoms with van der Waals surface area (Å²) in [5.74, 6) is -0.599. The molecule has 0 saturated carbocycles.